The lowest BCUT2D eigenvalue weighted by Gasteiger charge is -2.20. The Kier molecular flexibility index (Phi) is 9.76. The van der Waals surface area contributed by atoms with Crippen LogP contribution in [0.25, 0.3) is 0 Å². The van der Waals surface area contributed by atoms with E-state index in [9.17, 15) is 24.4 Å². The van der Waals surface area contributed by atoms with E-state index in [-0.39, 0.29) is 31.1 Å². The summed E-state index contributed by atoms with van der Waals surface area (Å²) in [6, 6.07) is 14.9. The lowest BCUT2D eigenvalue weighted by molar-refractivity contribution is -0.141. The molecular weight excluding hydrogens is 417 g/mol. The molecule has 7 nitrogen and oxygen atoms in total. The van der Waals surface area contributed by atoms with Crippen LogP contribution in [-0.4, -0.2) is 47.1 Å². The second-order valence-corrected chi connectivity index (χ2v) is 10.0. The first-order valence-electron chi connectivity index (χ1n) is 10.4. The number of unbranched alkanes of at least 4 members (excludes halogenated alkanes) is 1. The van der Waals surface area contributed by atoms with Crippen molar-refractivity contribution in [2.24, 2.45) is 0 Å². The lowest BCUT2D eigenvalue weighted by atomic mass is 10.1. The molecule has 168 valence electrons. The number of aryl methyl sites for hydroxylation is 1. The van der Waals surface area contributed by atoms with Crippen LogP contribution in [0.4, 0.5) is 0 Å². The number of carbonyl (C=O) groups is 2. The van der Waals surface area contributed by atoms with Crippen LogP contribution in [0.2, 0.25) is 0 Å². The number of hydrogen-bond acceptors (Lipinski definition) is 5. The average molecular weight is 447 g/mol. The molecule has 0 aliphatic heterocycles. The molecule has 0 aliphatic rings. The molecule has 0 radical (unpaired) electrons. The molecule has 2 aromatic rings. The van der Waals surface area contributed by atoms with E-state index in [0.717, 1.165) is 12.8 Å². The van der Waals surface area contributed by atoms with Gasteiger partial charge in [-0.2, -0.15) is 0 Å². The first-order chi connectivity index (χ1) is 14.8. The zero-order valence-electron chi connectivity index (χ0n) is 17.7. The smallest absolute Gasteiger partial charge is 0.326 e. The van der Waals surface area contributed by atoms with Gasteiger partial charge in [0.15, 0.2) is 0 Å². The van der Waals surface area contributed by atoms with Crippen molar-refractivity contribution < 1.29 is 28.9 Å². The van der Waals surface area contributed by atoms with E-state index >= 15 is 0 Å². The van der Waals surface area contributed by atoms with Crippen molar-refractivity contribution in [3.05, 3.63) is 65.7 Å². The minimum atomic E-state index is -3.21. The molecule has 31 heavy (non-hydrogen) atoms. The number of nitrogens with one attached hydrogen (secondary N) is 1. The van der Waals surface area contributed by atoms with Gasteiger partial charge < -0.3 is 20.1 Å². The highest BCUT2D eigenvalue weighted by Gasteiger charge is 2.29. The number of phenols is 1. The summed E-state index contributed by atoms with van der Waals surface area (Å²) in [6.07, 6.45) is 2.31. The summed E-state index contributed by atoms with van der Waals surface area (Å²) in [4.78, 5) is 24.1. The van der Waals surface area contributed by atoms with Gasteiger partial charge in [-0.15, -0.1) is 0 Å². The summed E-state index contributed by atoms with van der Waals surface area (Å²) in [5, 5.41) is 21.3. The van der Waals surface area contributed by atoms with Crippen LogP contribution in [0.3, 0.4) is 0 Å². The normalized spacial score (nSPS) is 13.8. The molecule has 1 unspecified atom stereocenters. The number of amides is 1. The topological polar surface area (TPSA) is 113 Å². The Morgan fingerprint density at radius 1 is 1.03 bits per heavy atom. The van der Waals surface area contributed by atoms with Crippen LogP contribution in [0, 0.1) is 0 Å². The minimum Gasteiger partial charge on any atom is -0.508 e. The van der Waals surface area contributed by atoms with Gasteiger partial charge in [0.05, 0.1) is 6.61 Å². The summed E-state index contributed by atoms with van der Waals surface area (Å²) in [6.45, 7) is 1.94. The van der Waals surface area contributed by atoms with Gasteiger partial charge in [-0.3, -0.25) is 9.36 Å². The summed E-state index contributed by atoms with van der Waals surface area (Å²) in [5.74, 6) is -1.72. The van der Waals surface area contributed by atoms with E-state index in [1.54, 1.807) is 19.1 Å². The molecule has 0 spiro atoms. The Balaban J connectivity index is 1.89. The van der Waals surface area contributed by atoms with Gasteiger partial charge >= 0.3 is 5.97 Å². The molecule has 0 saturated heterocycles. The van der Waals surface area contributed by atoms with Crippen LogP contribution < -0.4 is 5.32 Å². The van der Waals surface area contributed by atoms with E-state index in [1.165, 1.54) is 17.7 Å². The number of carboxylic acids is 1. The fraction of sp³-hybridized carbons (Fsp3) is 0.391. The molecule has 0 heterocycles. The van der Waals surface area contributed by atoms with Gasteiger partial charge in [-0.1, -0.05) is 42.5 Å². The number of phenolic OH excluding ortho intramolecular Hbond substituents is 1. The zero-order valence-corrected chi connectivity index (χ0v) is 18.6. The summed E-state index contributed by atoms with van der Waals surface area (Å²) < 4.78 is 18.6. The fourth-order valence-corrected chi connectivity index (χ4v) is 5.36. The van der Waals surface area contributed by atoms with Crippen LogP contribution >= 0.6 is 7.37 Å². The Morgan fingerprint density at radius 2 is 1.71 bits per heavy atom. The van der Waals surface area contributed by atoms with Gasteiger partial charge in [0.25, 0.3) is 0 Å². The van der Waals surface area contributed by atoms with Crippen molar-refractivity contribution in [1.29, 1.82) is 0 Å². The van der Waals surface area contributed by atoms with E-state index in [0.29, 0.717) is 12.0 Å². The van der Waals surface area contributed by atoms with Crippen LogP contribution in [-0.2, 0) is 31.5 Å². The number of aliphatic carboxylic acids is 1. The highest BCUT2D eigenvalue weighted by molar-refractivity contribution is 7.59. The van der Waals surface area contributed by atoms with Gasteiger partial charge in [-0.05, 0) is 49.4 Å². The van der Waals surface area contributed by atoms with E-state index in [1.807, 2.05) is 30.3 Å². The molecule has 0 saturated carbocycles. The van der Waals surface area contributed by atoms with Crippen LogP contribution in [0.1, 0.15) is 30.9 Å². The molecule has 2 rings (SSSR count). The largest absolute Gasteiger partial charge is 0.508 e. The van der Waals surface area contributed by atoms with Crippen molar-refractivity contribution in [3.63, 3.8) is 0 Å². The van der Waals surface area contributed by atoms with E-state index < -0.39 is 25.3 Å². The van der Waals surface area contributed by atoms with Crippen molar-refractivity contribution >= 4 is 19.2 Å². The molecular formula is C23H30NO6P. The number of carbonyl (C=O) groups excluding carboxylic acids is 1. The monoisotopic (exact) mass is 447 g/mol. The Labute approximate surface area is 182 Å². The zero-order chi connectivity index (χ0) is 22.7. The second kappa shape index (κ2) is 12.3. The average Bonchev–Trinajstić information content (AvgIpc) is 2.73. The Bertz CT molecular complexity index is 885. The number of carboxylic acid groups (broad SMARTS) is 1. The van der Waals surface area contributed by atoms with Gasteiger partial charge in [0, 0.05) is 12.6 Å². The molecule has 8 heteroatoms. The molecule has 2 aromatic carbocycles. The van der Waals surface area contributed by atoms with Crippen molar-refractivity contribution in [2.45, 2.75) is 38.6 Å². The summed E-state index contributed by atoms with van der Waals surface area (Å²) in [5.41, 5.74) is 1.85. The number of benzene rings is 2. The third-order valence-electron chi connectivity index (χ3n) is 4.82. The quantitative estimate of drug-likeness (QED) is 0.318. The molecule has 1 amide bonds. The Morgan fingerprint density at radius 3 is 2.32 bits per heavy atom. The third-order valence-corrected chi connectivity index (χ3v) is 7.31. The van der Waals surface area contributed by atoms with Gasteiger partial charge in [0.1, 0.15) is 18.0 Å². The molecule has 0 fully saturated rings. The maximum absolute atomic E-state index is 13.1. The van der Waals surface area contributed by atoms with Gasteiger partial charge in [-0.25, -0.2) is 4.79 Å². The summed E-state index contributed by atoms with van der Waals surface area (Å²) >= 11 is 0. The molecule has 2 atom stereocenters. The number of hydrogen-bond donors (Lipinski definition) is 3. The standard InChI is InChI=1S/C23H30NO6P/c1-2-30-31(29,15-7-6-10-18-8-4-3-5-9-18)17-22(26)24-21(23(27)28)16-19-11-13-20(25)14-12-19/h3-5,8-9,11-14,21,25H,2,6-7,10,15-17H2,1H3,(H,24,26)(H,27,28)/t21-,31?/m0/s1. The first kappa shape index (κ1) is 24.6. The third kappa shape index (κ3) is 8.95. The van der Waals surface area contributed by atoms with E-state index in [4.69, 9.17) is 4.52 Å². The summed E-state index contributed by atoms with van der Waals surface area (Å²) in [7, 11) is -3.21. The molecule has 0 aromatic heterocycles. The minimum absolute atomic E-state index is 0.0529. The number of aromatic hydroxyl groups is 1. The highest BCUT2D eigenvalue weighted by Crippen LogP contribution is 2.47. The lowest BCUT2D eigenvalue weighted by Crippen LogP contribution is -2.43. The molecule has 0 aliphatic carbocycles. The molecule has 0 bridgehead atoms. The number of rotatable bonds is 13. The first-order valence-corrected chi connectivity index (χ1v) is 12.4. The van der Waals surface area contributed by atoms with Crippen LogP contribution in [0.15, 0.2) is 54.6 Å². The van der Waals surface area contributed by atoms with Crippen LogP contribution in [0.5, 0.6) is 5.75 Å². The van der Waals surface area contributed by atoms with Crippen molar-refractivity contribution in [1.82, 2.24) is 5.32 Å². The predicted molar refractivity (Wildman–Crippen MR) is 120 cm³/mol. The van der Waals surface area contributed by atoms with Gasteiger partial charge in [0.2, 0.25) is 13.3 Å². The van der Waals surface area contributed by atoms with E-state index in [2.05, 4.69) is 5.32 Å². The maximum atomic E-state index is 13.1. The Hall–Kier alpha value is -2.63. The molecule has 3 N–H and O–H groups in total. The highest BCUT2D eigenvalue weighted by atomic mass is 31.2. The predicted octanol–water partition coefficient (Wildman–Crippen LogP) is 3.84. The second-order valence-electron chi connectivity index (χ2n) is 7.39. The van der Waals surface area contributed by atoms with Crippen molar-refractivity contribution in [2.75, 3.05) is 18.9 Å². The maximum Gasteiger partial charge on any atom is 0.326 e. The fourth-order valence-electron chi connectivity index (χ4n) is 3.28. The SMILES string of the molecule is CCOP(=O)(CCCCc1ccccc1)CC(=O)N[C@@H](Cc1ccc(O)cc1)C(=O)O. The van der Waals surface area contributed by atoms with Crippen molar-refractivity contribution in [3.8, 4) is 5.75 Å².